The molecule has 29 heavy (non-hydrogen) atoms. The summed E-state index contributed by atoms with van der Waals surface area (Å²) in [5.74, 6) is 0. The lowest BCUT2D eigenvalue weighted by Gasteiger charge is -2.36. The minimum atomic E-state index is 0.713. The number of piperazine rings is 1. The van der Waals surface area contributed by atoms with Gasteiger partial charge in [-0.15, -0.1) is 0 Å². The van der Waals surface area contributed by atoms with Gasteiger partial charge in [-0.1, -0.05) is 18.2 Å². The summed E-state index contributed by atoms with van der Waals surface area (Å²) in [4.78, 5) is 4.94. The number of hydrogen-bond donors (Lipinski definition) is 0. The zero-order valence-electron chi connectivity index (χ0n) is 16.6. The molecule has 1 saturated heterocycles. The van der Waals surface area contributed by atoms with Crippen LogP contribution in [0.25, 0.3) is 10.9 Å². The van der Waals surface area contributed by atoms with E-state index in [-0.39, 0.29) is 0 Å². The Morgan fingerprint density at radius 1 is 0.862 bits per heavy atom. The summed E-state index contributed by atoms with van der Waals surface area (Å²) in [7, 11) is 0. The lowest BCUT2D eigenvalue weighted by Crippen LogP contribution is -2.46. The van der Waals surface area contributed by atoms with E-state index < -0.39 is 0 Å². The minimum Gasteiger partial charge on any atom is -0.369 e. The normalized spacial score (nSPS) is 14.6. The van der Waals surface area contributed by atoms with Gasteiger partial charge in [0, 0.05) is 43.4 Å². The third-order valence-electron chi connectivity index (χ3n) is 5.81. The summed E-state index contributed by atoms with van der Waals surface area (Å²) < 4.78 is 1.67. The summed E-state index contributed by atoms with van der Waals surface area (Å²) in [5.41, 5.74) is 4.19. The average Bonchev–Trinajstić information content (AvgIpc) is 3.15. The maximum absolute atomic E-state index is 9.31. The van der Waals surface area contributed by atoms with Crippen LogP contribution >= 0.6 is 0 Å². The molecule has 0 saturated carbocycles. The third-order valence-corrected chi connectivity index (χ3v) is 5.81. The molecular formula is C24H25N5. The quantitative estimate of drug-likeness (QED) is 0.604. The molecular weight excluding hydrogens is 358 g/mol. The van der Waals surface area contributed by atoms with Crippen molar-refractivity contribution in [1.82, 2.24) is 9.47 Å². The predicted molar refractivity (Wildman–Crippen MR) is 116 cm³/mol. The van der Waals surface area contributed by atoms with E-state index in [1.807, 2.05) is 48.7 Å². The molecule has 2 heterocycles. The second kappa shape index (κ2) is 8.82. The van der Waals surface area contributed by atoms with Crippen LogP contribution in [0.15, 0.2) is 54.7 Å². The average molecular weight is 383 g/mol. The maximum atomic E-state index is 9.31. The third kappa shape index (κ3) is 4.26. The van der Waals surface area contributed by atoms with Gasteiger partial charge in [-0.25, -0.2) is 0 Å². The fourth-order valence-corrected chi connectivity index (χ4v) is 4.16. The van der Waals surface area contributed by atoms with E-state index in [4.69, 9.17) is 5.26 Å². The molecule has 0 bridgehead atoms. The van der Waals surface area contributed by atoms with Gasteiger partial charge < -0.3 is 4.90 Å². The molecule has 2 aromatic carbocycles. The van der Waals surface area contributed by atoms with E-state index in [0.29, 0.717) is 5.56 Å². The topological polar surface area (TPSA) is 59.0 Å². The fraction of sp³-hybridized carbons (Fsp3) is 0.333. The van der Waals surface area contributed by atoms with Crippen molar-refractivity contribution in [3.63, 3.8) is 0 Å². The molecule has 0 amide bonds. The number of para-hydroxylation sites is 1. The molecule has 146 valence electrons. The Kier molecular flexibility index (Phi) is 5.79. The van der Waals surface area contributed by atoms with Gasteiger partial charge >= 0.3 is 0 Å². The van der Waals surface area contributed by atoms with E-state index in [1.54, 1.807) is 4.57 Å². The summed E-state index contributed by atoms with van der Waals surface area (Å²) in [6, 6.07) is 18.2. The summed E-state index contributed by atoms with van der Waals surface area (Å²) >= 11 is 0. The Labute approximate surface area is 172 Å². The molecule has 1 aromatic heterocycles. The van der Waals surface area contributed by atoms with Crippen LogP contribution in [-0.4, -0.2) is 42.2 Å². The van der Waals surface area contributed by atoms with Crippen molar-refractivity contribution in [2.24, 2.45) is 0 Å². The second-order valence-electron chi connectivity index (χ2n) is 7.59. The molecule has 1 fully saturated rings. The SMILES string of the molecule is N#Cc1ccc(N2CCN(CCCCc3cn(C#N)c4ccccc34)CC2)cc1. The zero-order valence-corrected chi connectivity index (χ0v) is 16.6. The number of nitrogens with zero attached hydrogens (tertiary/aromatic N) is 5. The van der Waals surface area contributed by atoms with Crippen LogP contribution in [0.1, 0.15) is 24.0 Å². The molecule has 0 atom stereocenters. The number of aromatic nitrogens is 1. The summed E-state index contributed by atoms with van der Waals surface area (Å²) in [6.07, 6.45) is 7.55. The van der Waals surface area contributed by atoms with Crippen molar-refractivity contribution < 1.29 is 0 Å². The summed E-state index contributed by atoms with van der Waals surface area (Å²) in [5, 5.41) is 19.4. The number of nitriles is 2. The van der Waals surface area contributed by atoms with E-state index >= 15 is 0 Å². The first-order valence-corrected chi connectivity index (χ1v) is 10.2. The van der Waals surface area contributed by atoms with Crippen molar-refractivity contribution in [3.8, 4) is 12.3 Å². The Morgan fingerprint density at radius 2 is 1.62 bits per heavy atom. The number of rotatable bonds is 6. The van der Waals surface area contributed by atoms with Gasteiger partial charge in [0.2, 0.25) is 0 Å². The molecule has 5 heteroatoms. The number of aryl methyl sites for hydroxylation is 1. The number of fused-ring (bicyclic) bond motifs is 1. The van der Waals surface area contributed by atoms with Crippen LogP contribution in [0.4, 0.5) is 5.69 Å². The highest BCUT2D eigenvalue weighted by Gasteiger charge is 2.17. The molecule has 3 aromatic rings. The largest absolute Gasteiger partial charge is 0.369 e. The Balaban J connectivity index is 1.23. The van der Waals surface area contributed by atoms with Crippen molar-refractivity contribution in [1.29, 1.82) is 10.5 Å². The second-order valence-corrected chi connectivity index (χ2v) is 7.59. The number of hydrogen-bond acceptors (Lipinski definition) is 4. The molecule has 1 aliphatic rings. The standard InChI is InChI=1S/C24H25N5/c25-17-20-8-10-22(11-9-20)28-15-13-27(14-16-28)12-4-3-5-21-18-29(19-26)24-7-2-1-6-23(21)24/h1-2,6-11,18H,3-5,12-16H2. The first kappa shape index (κ1) is 19.1. The van der Waals surface area contributed by atoms with Crippen molar-refractivity contribution in [2.75, 3.05) is 37.6 Å². The molecule has 0 N–H and O–H groups in total. The Hall–Kier alpha value is -3.28. The first-order valence-electron chi connectivity index (χ1n) is 10.2. The highest BCUT2D eigenvalue weighted by molar-refractivity contribution is 5.84. The van der Waals surface area contributed by atoms with Crippen LogP contribution in [0.2, 0.25) is 0 Å². The highest BCUT2D eigenvalue weighted by Crippen LogP contribution is 2.22. The smallest absolute Gasteiger partial charge is 0.188 e. The molecule has 1 aliphatic heterocycles. The molecule has 0 aliphatic carbocycles. The lowest BCUT2D eigenvalue weighted by molar-refractivity contribution is 0.253. The number of unbranched alkanes of at least 4 members (excludes halogenated alkanes) is 1. The monoisotopic (exact) mass is 383 g/mol. The first-order chi connectivity index (χ1) is 14.3. The lowest BCUT2D eigenvalue weighted by atomic mass is 10.1. The molecule has 0 unspecified atom stereocenters. The van der Waals surface area contributed by atoms with Crippen LogP contribution in [0.3, 0.4) is 0 Å². The Morgan fingerprint density at radius 3 is 2.34 bits per heavy atom. The molecule has 0 spiro atoms. The zero-order chi connectivity index (χ0) is 20.1. The van der Waals surface area contributed by atoms with Gasteiger partial charge in [0.15, 0.2) is 6.19 Å². The molecule has 4 rings (SSSR count). The van der Waals surface area contributed by atoms with Crippen molar-refractivity contribution in [3.05, 3.63) is 65.9 Å². The van der Waals surface area contributed by atoms with E-state index in [2.05, 4.69) is 28.1 Å². The molecule has 5 nitrogen and oxygen atoms in total. The van der Waals surface area contributed by atoms with Crippen LogP contribution in [0, 0.1) is 22.8 Å². The molecule has 0 radical (unpaired) electrons. The van der Waals surface area contributed by atoms with Gasteiger partial charge in [0.25, 0.3) is 0 Å². The van der Waals surface area contributed by atoms with Gasteiger partial charge in [-0.3, -0.25) is 9.47 Å². The van der Waals surface area contributed by atoms with Gasteiger partial charge in [-0.2, -0.15) is 10.5 Å². The maximum Gasteiger partial charge on any atom is 0.188 e. The van der Waals surface area contributed by atoms with E-state index in [1.165, 1.54) is 23.1 Å². The van der Waals surface area contributed by atoms with E-state index in [9.17, 15) is 5.26 Å². The number of anilines is 1. The fourth-order valence-electron chi connectivity index (χ4n) is 4.16. The number of benzene rings is 2. The van der Waals surface area contributed by atoms with Gasteiger partial charge in [0.1, 0.15) is 0 Å². The Bertz CT molecular complexity index is 1040. The predicted octanol–water partition coefficient (Wildman–Crippen LogP) is 3.99. The highest BCUT2D eigenvalue weighted by atomic mass is 15.3. The summed E-state index contributed by atoms with van der Waals surface area (Å²) in [6.45, 7) is 5.34. The van der Waals surface area contributed by atoms with Crippen LogP contribution < -0.4 is 4.90 Å². The van der Waals surface area contributed by atoms with E-state index in [0.717, 1.165) is 51.1 Å². The minimum absolute atomic E-state index is 0.713. The van der Waals surface area contributed by atoms with Crippen molar-refractivity contribution in [2.45, 2.75) is 19.3 Å². The van der Waals surface area contributed by atoms with Gasteiger partial charge in [-0.05, 0) is 61.7 Å². The van der Waals surface area contributed by atoms with Crippen LogP contribution in [-0.2, 0) is 6.42 Å². The van der Waals surface area contributed by atoms with Crippen molar-refractivity contribution >= 4 is 16.6 Å². The van der Waals surface area contributed by atoms with Crippen LogP contribution in [0.5, 0.6) is 0 Å². The van der Waals surface area contributed by atoms with Gasteiger partial charge in [0.05, 0.1) is 17.1 Å².